The van der Waals surface area contributed by atoms with Gasteiger partial charge in [-0.25, -0.2) is 0 Å². The third kappa shape index (κ3) is 12.9. The molecule has 7 heteroatoms. The van der Waals surface area contributed by atoms with Crippen LogP contribution in [0.15, 0.2) is 0 Å². The van der Waals surface area contributed by atoms with Gasteiger partial charge in [-0.05, 0) is 65.1 Å². The molecule has 0 aliphatic rings. The molecule has 0 heterocycles. The molecule has 0 aromatic heterocycles. The Morgan fingerprint density at radius 3 is 2.00 bits per heavy atom. The van der Waals surface area contributed by atoms with Gasteiger partial charge in [-0.3, -0.25) is 4.79 Å². The molecule has 0 amide bonds. The SMILES string of the molecule is CCC(C)O[Si](C)(C)CCCCN(CC(=O)O[Si](C)(C)C)[Si](C)(C)C. The molecule has 1 unspecified atom stereocenters. The summed E-state index contributed by atoms with van der Waals surface area (Å²) >= 11 is 0. The van der Waals surface area contributed by atoms with Gasteiger partial charge in [0.1, 0.15) is 8.24 Å². The Morgan fingerprint density at radius 2 is 1.56 bits per heavy atom. The molecule has 0 rings (SSSR count). The van der Waals surface area contributed by atoms with Crippen molar-refractivity contribution in [1.29, 1.82) is 0 Å². The number of hydrogen-bond donors (Lipinski definition) is 0. The van der Waals surface area contributed by atoms with Gasteiger partial charge in [0.15, 0.2) is 8.32 Å². The largest absolute Gasteiger partial charge is 0.519 e. The third-order valence-electron chi connectivity index (χ3n) is 4.24. The molecule has 0 bridgehead atoms. The van der Waals surface area contributed by atoms with Gasteiger partial charge in [0.25, 0.3) is 0 Å². The van der Waals surface area contributed by atoms with Crippen molar-refractivity contribution < 1.29 is 13.6 Å². The number of rotatable bonds is 12. The number of nitrogens with zero attached hydrogens (tertiary/aromatic N) is 1. The highest BCUT2D eigenvalue weighted by atomic mass is 28.4. The van der Waals surface area contributed by atoms with Crippen molar-refractivity contribution in [2.45, 2.75) is 97.6 Å². The summed E-state index contributed by atoms with van der Waals surface area (Å²) < 4.78 is 14.3. The normalized spacial score (nSPS) is 14.7. The number of hydrogen-bond acceptors (Lipinski definition) is 4. The van der Waals surface area contributed by atoms with Gasteiger partial charge in [-0.2, -0.15) is 0 Å². The van der Waals surface area contributed by atoms with E-state index in [4.69, 9.17) is 8.85 Å². The summed E-state index contributed by atoms with van der Waals surface area (Å²) in [6.07, 6.45) is 3.76. The quantitative estimate of drug-likeness (QED) is 0.326. The first-order valence-electron chi connectivity index (χ1n) is 9.81. The number of carbonyl (C=O) groups is 1. The second-order valence-electron chi connectivity index (χ2n) is 9.73. The smallest absolute Gasteiger partial charge is 0.306 e. The molecule has 150 valence electrons. The molecule has 0 saturated carbocycles. The lowest BCUT2D eigenvalue weighted by molar-refractivity contribution is -0.135. The van der Waals surface area contributed by atoms with Gasteiger partial charge < -0.3 is 13.4 Å². The molecule has 1 atom stereocenters. The van der Waals surface area contributed by atoms with Gasteiger partial charge in [-0.15, -0.1) is 0 Å². The van der Waals surface area contributed by atoms with E-state index in [1.807, 2.05) is 0 Å². The number of unbranched alkanes of at least 4 members (excludes halogenated alkanes) is 1. The minimum atomic E-state index is -1.80. The van der Waals surface area contributed by atoms with Crippen LogP contribution in [0.2, 0.25) is 58.4 Å². The topological polar surface area (TPSA) is 38.8 Å². The fourth-order valence-corrected chi connectivity index (χ4v) is 7.38. The first kappa shape index (κ1) is 25.0. The van der Waals surface area contributed by atoms with E-state index in [0.717, 1.165) is 19.4 Å². The van der Waals surface area contributed by atoms with E-state index in [9.17, 15) is 4.79 Å². The van der Waals surface area contributed by atoms with Crippen LogP contribution >= 0.6 is 0 Å². The predicted molar refractivity (Wildman–Crippen MR) is 117 cm³/mol. The van der Waals surface area contributed by atoms with Crippen molar-refractivity contribution in [1.82, 2.24) is 4.57 Å². The zero-order valence-corrected chi connectivity index (χ0v) is 21.5. The molecule has 0 fully saturated rings. The van der Waals surface area contributed by atoms with E-state index in [2.05, 4.69) is 70.8 Å². The highest BCUT2D eigenvalue weighted by molar-refractivity contribution is 6.74. The van der Waals surface area contributed by atoms with Gasteiger partial charge in [-0.1, -0.05) is 33.0 Å². The van der Waals surface area contributed by atoms with E-state index in [-0.39, 0.29) is 5.97 Å². The molecule has 0 aliphatic heterocycles. The minimum Gasteiger partial charge on any atom is -0.519 e. The van der Waals surface area contributed by atoms with E-state index < -0.39 is 24.9 Å². The molecule has 0 saturated heterocycles. The van der Waals surface area contributed by atoms with Crippen LogP contribution in [-0.4, -0.2) is 54.6 Å². The van der Waals surface area contributed by atoms with Crippen LogP contribution in [0, 0.1) is 0 Å². The maximum absolute atomic E-state index is 12.2. The molecule has 25 heavy (non-hydrogen) atoms. The van der Waals surface area contributed by atoms with Crippen molar-refractivity contribution in [2.75, 3.05) is 13.1 Å². The monoisotopic (exact) mass is 405 g/mol. The van der Waals surface area contributed by atoms with E-state index in [0.29, 0.717) is 12.6 Å². The maximum atomic E-state index is 12.2. The van der Waals surface area contributed by atoms with E-state index in [1.54, 1.807) is 0 Å². The van der Waals surface area contributed by atoms with Crippen molar-refractivity contribution in [3.63, 3.8) is 0 Å². The Bertz CT molecular complexity index is 403. The molecular weight excluding hydrogens is 362 g/mol. The Kier molecular flexibility index (Phi) is 10.4. The van der Waals surface area contributed by atoms with Gasteiger partial charge in [0.05, 0.1) is 6.54 Å². The molecule has 0 spiro atoms. The van der Waals surface area contributed by atoms with Crippen LogP contribution in [0.25, 0.3) is 0 Å². The summed E-state index contributed by atoms with van der Waals surface area (Å²) in [5, 5.41) is 0. The minimum absolute atomic E-state index is 0.0450. The molecule has 0 aliphatic carbocycles. The molecule has 4 nitrogen and oxygen atoms in total. The Morgan fingerprint density at radius 1 is 1.00 bits per heavy atom. The Balaban J connectivity index is 4.45. The maximum Gasteiger partial charge on any atom is 0.306 e. The van der Waals surface area contributed by atoms with Gasteiger partial charge >= 0.3 is 5.97 Å². The molecule has 0 radical (unpaired) electrons. The van der Waals surface area contributed by atoms with Gasteiger partial charge in [0.2, 0.25) is 8.32 Å². The summed E-state index contributed by atoms with van der Waals surface area (Å²) in [4.78, 5) is 12.2. The summed E-state index contributed by atoms with van der Waals surface area (Å²) in [7, 11) is -4.89. The van der Waals surface area contributed by atoms with Crippen LogP contribution in [0.4, 0.5) is 0 Å². The van der Waals surface area contributed by atoms with Gasteiger partial charge in [0, 0.05) is 6.10 Å². The average Bonchev–Trinajstić information content (AvgIpc) is 2.38. The zero-order valence-electron chi connectivity index (χ0n) is 18.5. The van der Waals surface area contributed by atoms with Crippen LogP contribution in [0.1, 0.15) is 33.1 Å². The second-order valence-corrected chi connectivity index (χ2v) is 23.4. The van der Waals surface area contributed by atoms with Crippen LogP contribution in [-0.2, 0) is 13.6 Å². The predicted octanol–water partition coefficient (Wildman–Crippen LogP) is 5.30. The van der Waals surface area contributed by atoms with Crippen LogP contribution < -0.4 is 0 Å². The lowest BCUT2D eigenvalue weighted by Gasteiger charge is -2.34. The van der Waals surface area contributed by atoms with Crippen molar-refractivity contribution in [3.8, 4) is 0 Å². The lowest BCUT2D eigenvalue weighted by Crippen LogP contribution is -2.50. The Hall–Kier alpha value is 0.0406. The fourth-order valence-electron chi connectivity index (χ4n) is 2.72. The molecule has 0 aromatic rings. The van der Waals surface area contributed by atoms with Crippen molar-refractivity contribution >= 4 is 30.8 Å². The first-order valence-corrected chi connectivity index (χ1v) is 19.8. The van der Waals surface area contributed by atoms with Crippen LogP contribution in [0.3, 0.4) is 0 Å². The van der Waals surface area contributed by atoms with Crippen molar-refractivity contribution in [2.24, 2.45) is 0 Å². The third-order valence-corrected chi connectivity index (χ3v) is 9.96. The fraction of sp³-hybridized carbons (Fsp3) is 0.944. The molecular formula is C18H43NO3Si3. The van der Waals surface area contributed by atoms with E-state index >= 15 is 0 Å². The van der Waals surface area contributed by atoms with E-state index in [1.165, 1.54) is 12.5 Å². The highest BCUT2D eigenvalue weighted by Gasteiger charge is 2.29. The molecule has 0 N–H and O–H groups in total. The summed E-state index contributed by atoms with van der Waals surface area (Å²) in [6, 6.07) is 1.19. The summed E-state index contributed by atoms with van der Waals surface area (Å²) in [5.74, 6) is -0.0450. The second kappa shape index (κ2) is 10.4. The first-order chi connectivity index (χ1) is 11.2. The number of carbonyl (C=O) groups excluding carboxylic acids is 1. The van der Waals surface area contributed by atoms with Crippen molar-refractivity contribution in [3.05, 3.63) is 0 Å². The zero-order chi connectivity index (χ0) is 19.9. The average molecular weight is 406 g/mol. The van der Waals surface area contributed by atoms with Crippen LogP contribution in [0.5, 0.6) is 0 Å². The Labute approximate surface area is 160 Å². The molecule has 0 aromatic carbocycles. The highest BCUT2D eigenvalue weighted by Crippen LogP contribution is 2.19. The summed E-state index contributed by atoms with van der Waals surface area (Å²) in [5.41, 5.74) is 0. The standard InChI is InChI=1S/C18H43NO3Si3/c1-11-17(2)21-25(9,10)15-13-12-14-19(23(3,4)5)16-18(20)22-24(6,7)8/h17H,11-16H2,1-10H3. The summed E-state index contributed by atoms with van der Waals surface area (Å²) in [6.45, 7) is 23.5. The lowest BCUT2D eigenvalue weighted by atomic mass is 10.3.